The molecule has 0 radical (unpaired) electrons. The van der Waals surface area contributed by atoms with Gasteiger partial charge in [0.2, 0.25) is 0 Å². The average molecular weight is 316 g/mol. The van der Waals surface area contributed by atoms with Crippen LogP contribution in [0.25, 0.3) is 0 Å². The van der Waals surface area contributed by atoms with Crippen LogP contribution in [0.5, 0.6) is 0 Å². The summed E-state index contributed by atoms with van der Waals surface area (Å²) >= 11 is 0. The zero-order valence-electron chi connectivity index (χ0n) is 13.9. The molecule has 4 atom stereocenters. The molecule has 1 heterocycles. The molecule has 1 aliphatic heterocycles. The highest BCUT2D eigenvalue weighted by molar-refractivity contribution is 5.21. The van der Waals surface area contributed by atoms with Crippen molar-refractivity contribution in [2.45, 2.75) is 31.5 Å². The lowest BCUT2D eigenvalue weighted by atomic mass is 9.97. The molecule has 3 rings (SSSR count). The van der Waals surface area contributed by atoms with E-state index in [1.165, 1.54) is 5.56 Å². The first-order chi connectivity index (χ1) is 11.3. The Kier molecular flexibility index (Phi) is 5.84. The van der Waals surface area contributed by atoms with Gasteiger partial charge in [0, 0.05) is 37.7 Å². The summed E-state index contributed by atoms with van der Waals surface area (Å²) in [5.41, 5.74) is 1.36. The number of benzene rings is 1. The summed E-state index contributed by atoms with van der Waals surface area (Å²) in [6.07, 6.45) is 5.33. The van der Waals surface area contributed by atoms with Gasteiger partial charge in [-0.05, 0) is 18.9 Å². The molecule has 1 aliphatic carbocycles. The number of nitrogens with zero attached hydrogens (tertiary/aromatic N) is 1. The molecule has 1 aromatic rings. The van der Waals surface area contributed by atoms with Gasteiger partial charge in [-0.2, -0.15) is 0 Å². The maximum atomic E-state index is 9.31. The van der Waals surface area contributed by atoms with Crippen LogP contribution >= 0.6 is 0 Å². The topological polar surface area (TPSA) is 44.7 Å². The first-order valence-electron chi connectivity index (χ1n) is 8.70. The van der Waals surface area contributed by atoms with Gasteiger partial charge in [-0.3, -0.25) is 4.90 Å². The van der Waals surface area contributed by atoms with E-state index in [1.807, 2.05) is 0 Å². The highest BCUT2D eigenvalue weighted by Crippen LogP contribution is 2.27. The number of aliphatic hydroxyl groups is 1. The minimum atomic E-state index is 0.245. The predicted octanol–water partition coefficient (Wildman–Crippen LogP) is 1.97. The molecule has 0 aromatic heterocycles. The summed E-state index contributed by atoms with van der Waals surface area (Å²) in [5, 5.41) is 13.1. The SMILES string of the molecule is C[C@H](N[C@@H]1C=C[C@H](CO)C1)[C@@H](c1ccccc1)N1CCOCC1. The lowest BCUT2D eigenvalue weighted by Gasteiger charge is -2.39. The summed E-state index contributed by atoms with van der Waals surface area (Å²) in [7, 11) is 0. The highest BCUT2D eigenvalue weighted by atomic mass is 16.5. The predicted molar refractivity (Wildman–Crippen MR) is 92.3 cm³/mol. The Labute approximate surface area is 139 Å². The zero-order chi connectivity index (χ0) is 16.1. The van der Waals surface area contributed by atoms with Crippen LogP contribution in [0.15, 0.2) is 42.5 Å². The molecular weight excluding hydrogens is 288 g/mol. The summed E-state index contributed by atoms with van der Waals surface area (Å²) in [4.78, 5) is 2.53. The van der Waals surface area contributed by atoms with Crippen LogP contribution < -0.4 is 5.32 Å². The third-order valence-corrected chi connectivity index (χ3v) is 4.94. The van der Waals surface area contributed by atoms with Gasteiger partial charge >= 0.3 is 0 Å². The standard InChI is InChI=1S/C19H28N2O2/c1-15(20-18-8-7-16(13-18)14-22)19(17-5-3-2-4-6-17)21-9-11-23-12-10-21/h2-8,15-16,18-20,22H,9-14H2,1H3/t15-,16-,18+,19-/m0/s1. The number of rotatable bonds is 6. The largest absolute Gasteiger partial charge is 0.396 e. The number of morpholine rings is 1. The second-order valence-electron chi connectivity index (χ2n) is 6.63. The van der Waals surface area contributed by atoms with E-state index in [0.717, 1.165) is 32.7 Å². The van der Waals surface area contributed by atoms with Gasteiger partial charge in [-0.1, -0.05) is 42.5 Å². The lowest BCUT2D eigenvalue weighted by Crippen LogP contribution is -2.49. The van der Waals surface area contributed by atoms with Crippen molar-refractivity contribution in [3.05, 3.63) is 48.0 Å². The minimum absolute atomic E-state index is 0.245. The van der Waals surface area contributed by atoms with Gasteiger partial charge in [0.1, 0.15) is 0 Å². The zero-order valence-corrected chi connectivity index (χ0v) is 13.9. The number of ether oxygens (including phenoxy) is 1. The smallest absolute Gasteiger partial charge is 0.0594 e. The summed E-state index contributed by atoms with van der Waals surface area (Å²) in [6, 6.07) is 11.8. The van der Waals surface area contributed by atoms with Crippen LogP contribution in [0.4, 0.5) is 0 Å². The van der Waals surface area contributed by atoms with Crippen LogP contribution in [0.3, 0.4) is 0 Å². The lowest BCUT2D eigenvalue weighted by molar-refractivity contribution is 0.00805. The van der Waals surface area contributed by atoms with Crippen LogP contribution in [0.1, 0.15) is 24.9 Å². The molecule has 0 saturated carbocycles. The molecule has 23 heavy (non-hydrogen) atoms. The van der Waals surface area contributed by atoms with Crippen molar-refractivity contribution in [2.24, 2.45) is 5.92 Å². The summed E-state index contributed by atoms with van der Waals surface area (Å²) in [5.74, 6) is 0.304. The highest BCUT2D eigenvalue weighted by Gasteiger charge is 2.29. The Hall–Kier alpha value is -1.20. The molecular formula is C19H28N2O2. The molecule has 4 heteroatoms. The third kappa shape index (κ3) is 4.21. The Bertz CT molecular complexity index is 499. The fourth-order valence-electron chi connectivity index (χ4n) is 3.78. The van der Waals surface area contributed by atoms with E-state index in [1.54, 1.807) is 0 Å². The van der Waals surface area contributed by atoms with E-state index in [4.69, 9.17) is 4.74 Å². The Morgan fingerprint density at radius 2 is 1.96 bits per heavy atom. The molecule has 1 saturated heterocycles. The van der Waals surface area contributed by atoms with Crippen LogP contribution in [-0.2, 0) is 4.74 Å². The maximum absolute atomic E-state index is 9.31. The van der Waals surface area contributed by atoms with E-state index < -0.39 is 0 Å². The minimum Gasteiger partial charge on any atom is -0.396 e. The van der Waals surface area contributed by atoms with E-state index in [2.05, 4.69) is 59.6 Å². The van der Waals surface area contributed by atoms with E-state index in [-0.39, 0.29) is 6.61 Å². The fourth-order valence-corrected chi connectivity index (χ4v) is 3.78. The average Bonchev–Trinajstić information content (AvgIpc) is 3.04. The molecule has 0 bridgehead atoms. The first kappa shape index (κ1) is 16.7. The maximum Gasteiger partial charge on any atom is 0.0594 e. The van der Waals surface area contributed by atoms with Gasteiger partial charge in [0.25, 0.3) is 0 Å². The second-order valence-corrected chi connectivity index (χ2v) is 6.63. The van der Waals surface area contributed by atoms with Crippen molar-refractivity contribution in [3.63, 3.8) is 0 Å². The molecule has 1 fully saturated rings. The monoisotopic (exact) mass is 316 g/mol. The van der Waals surface area contributed by atoms with Crippen LogP contribution in [0, 0.1) is 5.92 Å². The Morgan fingerprint density at radius 3 is 2.61 bits per heavy atom. The first-order valence-corrected chi connectivity index (χ1v) is 8.70. The fraction of sp³-hybridized carbons (Fsp3) is 0.579. The number of hydrogen-bond donors (Lipinski definition) is 2. The van der Waals surface area contributed by atoms with Gasteiger partial charge in [-0.25, -0.2) is 0 Å². The molecule has 4 nitrogen and oxygen atoms in total. The quantitative estimate of drug-likeness (QED) is 0.788. The normalized spacial score (nSPS) is 27.9. The molecule has 2 N–H and O–H groups in total. The van der Waals surface area contributed by atoms with E-state index >= 15 is 0 Å². The molecule has 0 amide bonds. The second kappa shape index (κ2) is 8.06. The van der Waals surface area contributed by atoms with Crippen molar-refractivity contribution < 1.29 is 9.84 Å². The van der Waals surface area contributed by atoms with E-state index in [9.17, 15) is 5.11 Å². The third-order valence-electron chi connectivity index (χ3n) is 4.94. The molecule has 1 aromatic carbocycles. The van der Waals surface area contributed by atoms with Crippen molar-refractivity contribution in [3.8, 4) is 0 Å². The van der Waals surface area contributed by atoms with Crippen LogP contribution in [0.2, 0.25) is 0 Å². The van der Waals surface area contributed by atoms with Gasteiger partial charge in [-0.15, -0.1) is 0 Å². The van der Waals surface area contributed by atoms with E-state index in [0.29, 0.717) is 24.0 Å². The van der Waals surface area contributed by atoms with Crippen molar-refractivity contribution in [1.29, 1.82) is 0 Å². The van der Waals surface area contributed by atoms with Gasteiger partial charge in [0.15, 0.2) is 0 Å². The van der Waals surface area contributed by atoms with Crippen LogP contribution in [-0.4, -0.2) is 55.0 Å². The van der Waals surface area contributed by atoms with Gasteiger partial charge in [0.05, 0.1) is 19.3 Å². The van der Waals surface area contributed by atoms with Gasteiger partial charge < -0.3 is 15.2 Å². The van der Waals surface area contributed by atoms with Crippen molar-refractivity contribution >= 4 is 0 Å². The van der Waals surface area contributed by atoms with Crippen molar-refractivity contribution in [1.82, 2.24) is 10.2 Å². The number of hydrogen-bond acceptors (Lipinski definition) is 4. The molecule has 0 unspecified atom stereocenters. The number of nitrogens with one attached hydrogen (secondary N) is 1. The molecule has 126 valence electrons. The number of aliphatic hydroxyl groups excluding tert-OH is 1. The van der Waals surface area contributed by atoms with Crippen molar-refractivity contribution in [2.75, 3.05) is 32.9 Å². The molecule has 2 aliphatic rings. The Balaban J connectivity index is 1.71. The molecule has 0 spiro atoms. The summed E-state index contributed by atoms with van der Waals surface area (Å²) < 4.78 is 5.53. The summed E-state index contributed by atoms with van der Waals surface area (Å²) in [6.45, 7) is 6.09. The Morgan fingerprint density at radius 1 is 1.22 bits per heavy atom.